The third-order valence-corrected chi connectivity index (χ3v) is 5.78. The topological polar surface area (TPSA) is 65.1 Å². The van der Waals surface area contributed by atoms with Crippen molar-refractivity contribution in [3.05, 3.63) is 88.2 Å². The number of nitrogens with zero attached hydrogens (tertiary/aromatic N) is 1. The third kappa shape index (κ3) is 5.68. The van der Waals surface area contributed by atoms with E-state index in [1.54, 1.807) is 37.3 Å². The zero-order valence-corrected chi connectivity index (χ0v) is 20.0. The van der Waals surface area contributed by atoms with Gasteiger partial charge in [0.2, 0.25) is 0 Å². The van der Waals surface area contributed by atoms with Crippen molar-refractivity contribution in [2.75, 3.05) is 18.1 Å². The minimum Gasteiger partial charge on any atom is -0.489 e. The second kappa shape index (κ2) is 10.5. The van der Waals surface area contributed by atoms with E-state index in [-0.39, 0.29) is 32.1 Å². The van der Waals surface area contributed by atoms with Crippen LogP contribution < -0.4 is 14.4 Å². The maximum atomic E-state index is 14.1. The number of hydrogen-bond donors (Lipinski definition) is 0. The Hall–Kier alpha value is -4.08. The number of ether oxygens (including phenoxy) is 3. The highest BCUT2D eigenvalue weighted by atomic mass is 19.4. The highest BCUT2D eigenvalue weighted by molar-refractivity contribution is 6.10. The SMILES string of the molecule is CCOC(=O)COc1ccc(COc2cccc3c2CN(c2ccc(C(F)(F)F)c(F)c2)C3=O)cc1C. The van der Waals surface area contributed by atoms with Crippen molar-refractivity contribution in [3.8, 4) is 11.5 Å². The predicted molar refractivity (Wildman–Crippen MR) is 126 cm³/mol. The highest BCUT2D eigenvalue weighted by Gasteiger charge is 2.36. The van der Waals surface area contributed by atoms with E-state index < -0.39 is 29.4 Å². The summed E-state index contributed by atoms with van der Waals surface area (Å²) in [6, 6.07) is 12.7. The number of benzene rings is 3. The number of halogens is 4. The molecule has 4 rings (SSSR count). The van der Waals surface area contributed by atoms with Crippen LogP contribution in [-0.2, 0) is 28.9 Å². The van der Waals surface area contributed by atoms with E-state index in [2.05, 4.69) is 0 Å². The van der Waals surface area contributed by atoms with Gasteiger partial charge in [-0.25, -0.2) is 9.18 Å². The van der Waals surface area contributed by atoms with Crippen molar-refractivity contribution in [2.24, 2.45) is 0 Å². The van der Waals surface area contributed by atoms with E-state index in [4.69, 9.17) is 14.2 Å². The maximum Gasteiger partial charge on any atom is 0.419 e. The maximum absolute atomic E-state index is 14.1. The Bertz CT molecular complexity index is 1340. The molecule has 1 aliphatic heterocycles. The summed E-state index contributed by atoms with van der Waals surface area (Å²) >= 11 is 0. The van der Waals surface area contributed by atoms with Gasteiger partial charge in [0, 0.05) is 16.8 Å². The summed E-state index contributed by atoms with van der Waals surface area (Å²) in [7, 11) is 0. The molecule has 0 aromatic heterocycles. The van der Waals surface area contributed by atoms with Gasteiger partial charge in [-0.15, -0.1) is 0 Å². The zero-order chi connectivity index (χ0) is 26.7. The summed E-state index contributed by atoms with van der Waals surface area (Å²) in [5.74, 6) is -1.41. The Balaban J connectivity index is 1.46. The smallest absolute Gasteiger partial charge is 0.419 e. The monoisotopic (exact) mass is 517 g/mol. The van der Waals surface area contributed by atoms with Crippen LogP contribution in [0.15, 0.2) is 54.6 Å². The molecule has 0 saturated carbocycles. The molecule has 1 aliphatic rings. The van der Waals surface area contributed by atoms with Crippen LogP contribution in [0.1, 0.15) is 39.5 Å². The number of alkyl halides is 3. The normalized spacial score (nSPS) is 12.9. The Morgan fingerprint density at radius 3 is 2.49 bits per heavy atom. The van der Waals surface area contributed by atoms with Crippen LogP contribution in [0.4, 0.5) is 23.2 Å². The van der Waals surface area contributed by atoms with Gasteiger partial charge in [-0.3, -0.25) is 4.79 Å². The standard InChI is InChI=1S/C27H23F4NO5/c1-3-35-25(33)15-37-23-10-7-17(11-16(23)2)14-36-24-6-4-5-19-20(24)13-32(26(19)34)18-8-9-21(22(28)12-18)27(29,30)31/h4-12H,3,13-15H2,1-2H3. The number of anilines is 1. The Morgan fingerprint density at radius 1 is 1.03 bits per heavy atom. The van der Waals surface area contributed by atoms with Crippen molar-refractivity contribution >= 4 is 17.6 Å². The van der Waals surface area contributed by atoms with Crippen LogP contribution in [0.25, 0.3) is 0 Å². The molecule has 0 bridgehead atoms. The summed E-state index contributed by atoms with van der Waals surface area (Å²) in [6.07, 6.45) is -4.83. The minimum absolute atomic E-state index is 0.0201. The van der Waals surface area contributed by atoms with Gasteiger partial charge in [0.25, 0.3) is 5.91 Å². The number of fused-ring (bicyclic) bond motifs is 1. The summed E-state index contributed by atoms with van der Waals surface area (Å²) in [5.41, 5.74) is 1.11. The second-order valence-electron chi connectivity index (χ2n) is 8.32. The lowest BCUT2D eigenvalue weighted by Crippen LogP contribution is -2.23. The van der Waals surface area contributed by atoms with Crippen molar-refractivity contribution in [3.63, 3.8) is 0 Å². The molecular weight excluding hydrogens is 494 g/mol. The molecule has 10 heteroatoms. The molecule has 0 atom stereocenters. The van der Waals surface area contributed by atoms with Gasteiger partial charge < -0.3 is 19.1 Å². The van der Waals surface area contributed by atoms with Crippen LogP contribution >= 0.6 is 0 Å². The van der Waals surface area contributed by atoms with Crippen molar-refractivity contribution in [2.45, 2.75) is 33.2 Å². The van der Waals surface area contributed by atoms with Crippen LogP contribution in [0.2, 0.25) is 0 Å². The molecule has 37 heavy (non-hydrogen) atoms. The molecule has 3 aromatic carbocycles. The van der Waals surface area contributed by atoms with Crippen LogP contribution in [0.5, 0.6) is 11.5 Å². The molecule has 3 aromatic rings. The lowest BCUT2D eigenvalue weighted by atomic mass is 10.1. The van der Waals surface area contributed by atoms with Gasteiger partial charge in [-0.1, -0.05) is 12.1 Å². The number of rotatable bonds is 8. The molecule has 0 radical (unpaired) electrons. The number of aryl methyl sites for hydroxylation is 1. The first-order valence-corrected chi connectivity index (χ1v) is 11.4. The van der Waals surface area contributed by atoms with Crippen LogP contribution in [0.3, 0.4) is 0 Å². The van der Waals surface area contributed by atoms with Gasteiger partial charge in [-0.05, 0) is 67.4 Å². The van der Waals surface area contributed by atoms with Gasteiger partial charge in [0.1, 0.15) is 23.9 Å². The molecule has 1 amide bonds. The number of esters is 1. The van der Waals surface area contributed by atoms with E-state index >= 15 is 0 Å². The largest absolute Gasteiger partial charge is 0.489 e. The summed E-state index contributed by atoms with van der Waals surface area (Å²) < 4.78 is 69.1. The highest BCUT2D eigenvalue weighted by Crippen LogP contribution is 2.37. The fraction of sp³-hybridized carbons (Fsp3) is 0.259. The number of carbonyl (C=O) groups is 2. The summed E-state index contributed by atoms with van der Waals surface area (Å²) in [5, 5.41) is 0. The van der Waals surface area contributed by atoms with E-state index in [0.29, 0.717) is 34.8 Å². The average Bonchev–Trinajstić information content (AvgIpc) is 3.18. The summed E-state index contributed by atoms with van der Waals surface area (Å²) in [4.78, 5) is 25.6. The molecule has 0 unspecified atom stereocenters. The van der Waals surface area contributed by atoms with E-state index in [1.807, 2.05) is 13.0 Å². The van der Waals surface area contributed by atoms with Gasteiger partial charge in [0.05, 0.1) is 18.7 Å². The minimum atomic E-state index is -4.83. The Kier molecular flexibility index (Phi) is 7.37. The molecule has 0 N–H and O–H groups in total. The molecule has 0 aliphatic carbocycles. The lowest BCUT2D eigenvalue weighted by Gasteiger charge is -2.17. The Morgan fingerprint density at radius 2 is 1.81 bits per heavy atom. The van der Waals surface area contributed by atoms with Gasteiger partial charge in [0.15, 0.2) is 6.61 Å². The van der Waals surface area contributed by atoms with Crippen LogP contribution in [0, 0.1) is 12.7 Å². The van der Waals surface area contributed by atoms with Gasteiger partial charge >= 0.3 is 12.1 Å². The van der Waals surface area contributed by atoms with Crippen molar-refractivity contribution < 1.29 is 41.4 Å². The van der Waals surface area contributed by atoms with Gasteiger partial charge in [-0.2, -0.15) is 13.2 Å². The predicted octanol–water partition coefficient (Wildman–Crippen LogP) is 5.83. The molecule has 6 nitrogen and oxygen atoms in total. The number of amides is 1. The van der Waals surface area contributed by atoms with E-state index in [0.717, 1.165) is 17.2 Å². The average molecular weight is 517 g/mol. The molecular formula is C27H23F4NO5. The van der Waals surface area contributed by atoms with E-state index in [1.165, 1.54) is 4.90 Å². The quantitative estimate of drug-likeness (QED) is 0.278. The first kappa shape index (κ1) is 26.0. The molecule has 0 spiro atoms. The van der Waals surface area contributed by atoms with E-state index in [9.17, 15) is 27.2 Å². The van der Waals surface area contributed by atoms with Crippen LogP contribution in [-0.4, -0.2) is 25.1 Å². The first-order valence-electron chi connectivity index (χ1n) is 11.4. The number of carbonyl (C=O) groups excluding carboxylic acids is 2. The molecule has 1 heterocycles. The molecule has 0 saturated heterocycles. The number of hydrogen-bond acceptors (Lipinski definition) is 5. The fourth-order valence-electron chi connectivity index (χ4n) is 4.01. The third-order valence-electron chi connectivity index (χ3n) is 5.78. The van der Waals surface area contributed by atoms with Crippen molar-refractivity contribution in [1.29, 1.82) is 0 Å². The first-order chi connectivity index (χ1) is 17.6. The molecule has 194 valence electrons. The summed E-state index contributed by atoms with van der Waals surface area (Å²) in [6.45, 7) is 3.79. The Labute approximate surface area is 210 Å². The second-order valence-corrected chi connectivity index (χ2v) is 8.32. The zero-order valence-electron chi connectivity index (χ0n) is 20.0. The van der Waals surface area contributed by atoms with Crippen molar-refractivity contribution in [1.82, 2.24) is 0 Å². The fourth-order valence-corrected chi connectivity index (χ4v) is 4.01. The lowest BCUT2D eigenvalue weighted by molar-refractivity contribution is -0.145. The molecule has 0 fully saturated rings.